The van der Waals surface area contributed by atoms with Crippen LogP contribution in [0, 0.1) is 6.92 Å². The Morgan fingerprint density at radius 3 is 2.60 bits per heavy atom. The highest BCUT2D eigenvalue weighted by Gasteiger charge is 2.12. The van der Waals surface area contributed by atoms with Gasteiger partial charge in [-0.15, -0.1) is 0 Å². The second-order valence-electron chi connectivity index (χ2n) is 4.61. The molecule has 0 unspecified atom stereocenters. The number of rotatable bonds is 2. The molecule has 0 saturated heterocycles. The number of benzene rings is 2. The number of carbonyl (C=O) groups is 1. The molecule has 1 heterocycles. The summed E-state index contributed by atoms with van der Waals surface area (Å²) in [6.07, 6.45) is 0. The Morgan fingerprint density at radius 2 is 1.85 bits per heavy atom. The first-order valence-corrected chi connectivity index (χ1v) is 6.98. The summed E-state index contributed by atoms with van der Waals surface area (Å²) in [5.74, 6) is 0.0645. The lowest BCUT2D eigenvalue weighted by Crippen LogP contribution is -2.10. The number of furan rings is 1. The number of hydrogen-bond acceptors (Lipinski definition) is 2. The van der Waals surface area contributed by atoms with Gasteiger partial charge in [-0.2, -0.15) is 0 Å². The SMILES string of the molecule is Cc1ccc2cc(C(=O)Nc3ccc(Br)cc3)oc2c1. The molecular weight excluding hydrogens is 318 g/mol. The number of fused-ring (bicyclic) bond motifs is 1. The third kappa shape index (κ3) is 2.60. The summed E-state index contributed by atoms with van der Waals surface area (Å²) in [7, 11) is 0. The van der Waals surface area contributed by atoms with Gasteiger partial charge in [-0.1, -0.05) is 28.1 Å². The molecule has 0 aliphatic heterocycles. The fraction of sp³-hybridized carbons (Fsp3) is 0.0625. The van der Waals surface area contributed by atoms with Crippen LogP contribution in [0.4, 0.5) is 5.69 Å². The molecular formula is C16H12BrNO2. The lowest BCUT2D eigenvalue weighted by Gasteiger charge is -2.02. The van der Waals surface area contributed by atoms with E-state index < -0.39 is 0 Å². The standard InChI is InChI=1S/C16H12BrNO2/c1-10-2-3-11-9-15(20-14(11)8-10)16(19)18-13-6-4-12(17)5-7-13/h2-9H,1H3,(H,18,19). The minimum atomic E-state index is -0.249. The first-order chi connectivity index (χ1) is 9.61. The van der Waals surface area contributed by atoms with Crippen LogP contribution in [0.2, 0.25) is 0 Å². The van der Waals surface area contributed by atoms with E-state index in [1.54, 1.807) is 6.07 Å². The van der Waals surface area contributed by atoms with Gasteiger partial charge in [0.25, 0.3) is 5.91 Å². The smallest absolute Gasteiger partial charge is 0.291 e. The molecule has 3 aromatic rings. The van der Waals surface area contributed by atoms with Crippen LogP contribution in [0.25, 0.3) is 11.0 Å². The Labute approximate surface area is 124 Å². The Hall–Kier alpha value is -2.07. The van der Waals surface area contributed by atoms with E-state index in [0.29, 0.717) is 5.76 Å². The van der Waals surface area contributed by atoms with Gasteiger partial charge in [0.2, 0.25) is 0 Å². The topological polar surface area (TPSA) is 42.2 Å². The molecule has 0 aliphatic carbocycles. The van der Waals surface area contributed by atoms with E-state index in [0.717, 1.165) is 26.7 Å². The van der Waals surface area contributed by atoms with E-state index in [1.807, 2.05) is 49.4 Å². The lowest BCUT2D eigenvalue weighted by molar-refractivity contribution is 0.0998. The maximum Gasteiger partial charge on any atom is 0.291 e. The van der Waals surface area contributed by atoms with E-state index >= 15 is 0 Å². The van der Waals surface area contributed by atoms with E-state index in [2.05, 4.69) is 21.2 Å². The number of hydrogen-bond donors (Lipinski definition) is 1. The summed E-state index contributed by atoms with van der Waals surface area (Å²) < 4.78 is 6.55. The summed E-state index contributed by atoms with van der Waals surface area (Å²) >= 11 is 3.36. The molecule has 4 heteroatoms. The maximum atomic E-state index is 12.1. The Bertz CT molecular complexity index is 775. The number of nitrogens with one attached hydrogen (secondary N) is 1. The quantitative estimate of drug-likeness (QED) is 0.736. The van der Waals surface area contributed by atoms with Gasteiger partial charge in [-0.3, -0.25) is 4.79 Å². The van der Waals surface area contributed by atoms with Gasteiger partial charge in [-0.25, -0.2) is 0 Å². The van der Waals surface area contributed by atoms with Crippen molar-refractivity contribution in [3.05, 3.63) is 64.3 Å². The molecule has 0 aliphatic rings. The summed E-state index contributed by atoms with van der Waals surface area (Å²) in [6, 6.07) is 15.0. The van der Waals surface area contributed by atoms with Gasteiger partial charge < -0.3 is 9.73 Å². The first-order valence-electron chi connectivity index (χ1n) is 6.19. The summed E-state index contributed by atoms with van der Waals surface area (Å²) in [5, 5.41) is 3.73. The highest BCUT2D eigenvalue weighted by atomic mass is 79.9. The zero-order valence-corrected chi connectivity index (χ0v) is 12.4. The second-order valence-corrected chi connectivity index (χ2v) is 5.53. The molecule has 2 aromatic carbocycles. The van der Waals surface area contributed by atoms with Gasteiger partial charge >= 0.3 is 0 Å². The highest BCUT2D eigenvalue weighted by molar-refractivity contribution is 9.10. The molecule has 0 bridgehead atoms. The van der Waals surface area contributed by atoms with Crippen LogP contribution < -0.4 is 5.32 Å². The predicted molar refractivity (Wildman–Crippen MR) is 83.0 cm³/mol. The average Bonchev–Trinajstić information content (AvgIpc) is 2.84. The largest absolute Gasteiger partial charge is 0.451 e. The van der Waals surface area contributed by atoms with Crippen molar-refractivity contribution in [2.24, 2.45) is 0 Å². The predicted octanol–water partition coefficient (Wildman–Crippen LogP) is 4.76. The third-order valence-electron chi connectivity index (χ3n) is 3.00. The van der Waals surface area contributed by atoms with Crippen LogP contribution in [0.1, 0.15) is 16.1 Å². The Morgan fingerprint density at radius 1 is 1.10 bits per heavy atom. The van der Waals surface area contributed by atoms with Crippen molar-refractivity contribution in [1.82, 2.24) is 0 Å². The number of carbonyl (C=O) groups excluding carboxylic acids is 1. The fourth-order valence-corrected chi connectivity index (χ4v) is 2.24. The van der Waals surface area contributed by atoms with Crippen LogP contribution in [0.5, 0.6) is 0 Å². The summed E-state index contributed by atoms with van der Waals surface area (Å²) in [4.78, 5) is 12.1. The molecule has 0 fully saturated rings. The van der Waals surface area contributed by atoms with Crippen molar-refractivity contribution in [3.63, 3.8) is 0 Å². The van der Waals surface area contributed by atoms with Gasteiger partial charge in [0.1, 0.15) is 5.58 Å². The van der Waals surface area contributed by atoms with Gasteiger partial charge in [0.05, 0.1) is 0 Å². The van der Waals surface area contributed by atoms with Crippen molar-refractivity contribution in [3.8, 4) is 0 Å². The third-order valence-corrected chi connectivity index (χ3v) is 3.53. The van der Waals surface area contributed by atoms with Crippen molar-refractivity contribution >= 4 is 38.5 Å². The number of halogens is 1. The monoisotopic (exact) mass is 329 g/mol. The molecule has 1 aromatic heterocycles. The van der Waals surface area contributed by atoms with Gasteiger partial charge in [0, 0.05) is 15.5 Å². The molecule has 0 spiro atoms. The van der Waals surface area contributed by atoms with Crippen LogP contribution in [-0.2, 0) is 0 Å². The van der Waals surface area contributed by atoms with Gasteiger partial charge in [-0.05, 0) is 48.9 Å². The van der Waals surface area contributed by atoms with E-state index in [4.69, 9.17) is 4.42 Å². The zero-order valence-electron chi connectivity index (χ0n) is 10.8. The normalized spacial score (nSPS) is 10.7. The Balaban J connectivity index is 1.86. The molecule has 1 N–H and O–H groups in total. The molecule has 20 heavy (non-hydrogen) atoms. The molecule has 0 radical (unpaired) electrons. The highest BCUT2D eigenvalue weighted by Crippen LogP contribution is 2.22. The van der Waals surface area contributed by atoms with E-state index in [1.165, 1.54) is 0 Å². The molecule has 0 atom stereocenters. The molecule has 3 nitrogen and oxygen atoms in total. The van der Waals surface area contributed by atoms with E-state index in [-0.39, 0.29) is 5.91 Å². The average molecular weight is 330 g/mol. The van der Waals surface area contributed by atoms with Crippen molar-refractivity contribution in [2.45, 2.75) is 6.92 Å². The van der Waals surface area contributed by atoms with E-state index in [9.17, 15) is 4.79 Å². The van der Waals surface area contributed by atoms with Crippen LogP contribution >= 0.6 is 15.9 Å². The number of anilines is 1. The fourth-order valence-electron chi connectivity index (χ4n) is 1.98. The maximum absolute atomic E-state index is 12.1. The number of amides is 1. The molecule has 3 rings (SSSR count). The molecule has 0 saturated carbocycles. The van der Waals surface area contributed by atoms with Crippen LogP contribution in [-0.4, -0.2) is 5.91 Å². The van der Waals surface area contributed by atoms with Crippen LogP contribution in [0.3, 0.4) is 0 Å². The van der Waals surface area contributed by atoms with Crippen molar-refractivity contribution in [1.29, 1.82) is 0 Å². The zero-order chi connectivity index (χ0) is 14.1. The molecule has 100 valence electrons. The Kier molecular flexibility index (Phi) is 3.32. The first kappa shape index (κ1) is 12.9. The molecule has 1 amide bonds. The van der Waals surface area contributed by atoms with Crippen molar-refractivity contribution in [2.75, 3.05) is 5.32 Å². The summed E-state index contributed by atoms with van der Waals surface area (Å²) in [5.41, 5.74) is 2.56. The van der Waals surface area contributed by atoms with Crippen LogP contribution in [0.15, 0.2) is 57.4 Å². The van der Waals surface area contributed by atoms with Gasteiger partial charge in [0.15, 0.2) is 5.76 Å². The second kappa shape index (κ2) is 5.13. The summed E-state index contributed by atoms with van der Waals surface area (Å²) in [6.45, 7) is 1.99. The van der Waals surface area contributed by atoms with Crippen molar-refractivity contribution < 1.29 is 9.21 Å². The number of aryl methyl sites for hydroxylation is 1. The minimum absolute atomic E-state index is 0.249. The minimum Gasteiger partial charge on any atom is -0.451 e. The lowest BCUT2D eigenvalue weighted by atomic mass is 10.2.